The van der Waals surface area contributed by atoms with E-state index in [1.807, 2.05) is 45.0 Å². The number of hydrogen-bond donors (Lipinski definition) is 1. The Balaban J connectivity index is 2.57. The maximum absolute atomic E-state index is 11.9. The lowest BCUT2D eigenvalue weighted by Crippen LogP contribution is -2.26. The topological polar surface area (TPSA) is 65.0 Å². The van der Waals surface area contributed by atoms with Crippen molar-refractivity contribution >= 4 is 5.97 Å². The third-order valence-corrected chi connectivity index (χ3v) is 3.82. The van der Waals surface area contributed by atoms with Gasteiger partial charge in [0.15, 0.2) is 0 Å². The van der Waals surface area contributed by atoms with Gasteiger partial charge in [-0.3, -0.25) is 4.79 Å². The smallest absolute Gasteiger partial charge is 0.311 e. The number of esters is 1. The summed E-state index contributed by atoms with van der Waals surface area (Å²) in [4.78, 5) is 11.9. The molecule has 0 amide bonds. The fourth-order valence-corrected chi connectivity index (χ4v) is 2.23. The first-order valence-corrected chi connectivity index (χ1v) is 8.79. The minimum atomic E-state index is -0.640. The molecule has 1 rings (SSSR count). The molecule has 0 heterocycles. The molecule has 0 spiro atoms. The summed E-state index contributed by atoms with van der Waals surface area (Å²) in [5.74, 6) is 2.98. The van der Waals surface area contributed by atoms with Gasteiger partial charge in [0.25, 0.3) is 0 Å². The van der Waals surface area contributed by atoms with Crippen LogP contribution in [-0.2, 0) is 20.9 Å². The van der Waals surface area contributed by atoms with Gasteiger partial charge in [-0.05, 0) is 38.5 Å². The fraction of sp³-hybridized carbons (Fsp3) is 0.571. The van der Waals surface area contributed by atoms with E-state index in [1.165, 1.54) is 0 Å². The molecule has 2 atom stereocenters. The van der Waals surface area contributed by atoms with Gasteiger partial charge < -0.3 is 19.3 Å². The molecule has 0 radical (unpaired) electrons. The molecule has 5 heteroatoms. The maximum atomic E-state index is 11.9. The summed E-state index contributed by atoms with van der Waals surface area (Å²) >= 11 is 0. The molecule has 1 aromatic carbocycles. The van der Waals surface area contributed by atoms with Crippen molar-refractivity contribution in [2.24, 2.45) is 5.41 Å². The van der Waals surface area contributed by atoms with Crippen LogP contribution in [0.1, 0.15) is 45.6 Å². The lowest BCUT2D eigenvalue weighted by atomic mass is 9.97. The van der Waals surface area contributed by atoms with Crippen LogP contribution < -0.4 is 4.74 Å². The van der Waals surface area contributed by atoms with Crippen LogP contribution in [0.15, 0.2) is 24.3 Å². The predicted molar refractivity (Wildman–Crippen MR) is 101 cm³/mol. The average Bonchev–Trinajstić information content (AvgIpc) is 2.59. The summed E-state index contributed by atoms with van der Waals surface area (Å²) in [5.41, 5.74) is 0.455. The molecule has 144 valence electrons. The third-order valence-electron chi connectivity index (χ3n) is 3.82. The first kappa shape index (κ1) is 22.0. The zero-order chi connectivity index (χ0) is 19.6. The Labute approximate surface area is 156 Å². The first-order chi connectivity index (χ1) is 12.3. The summed E-state index contributed by atoms with van der Waals surface area (Å²) in [6.07, 6.45) is 5.52. The van der Waals surface area contributed by atoms with Crippen molar-refractivity contribution in [2.75, 3.05) is 13.7 Å². The molecule has 0 saturated heterocycles. The maximum Gasteiger partial charge on any atom is 0.311 e. The van der Waals surface area contributed by atoms with Crippen molar-refractivity contribution in [3.8, 4) is 18.1 Å². The Morgan fingerprint density at radius 1 is 1.27 bits per heavy atom. The van der Waals surface area contributed by atoms with Gasteiger partial charge in [0, 0.05) is 19.3 Å². The van der Waals surface area contributed by atoms with Crippen LogP contribution in [0.3, 0.4) is 0 Å². The standard InChI is InChI=1S/C21H30O5/c1-6-7-17(22)14-19(12-13-25-20(23)21(2,3)4)26-15-16-8-10-18(24-5)11-9-16/h1,8-11,17,19,22H,7,12-15H2,2-5H3/t17-,19+/m0/s1. The summed E-state index contributed by atoms with van der Waals surface area (Å²) < 4.78 is 16.4. The first-order valence-electron chi connectivity index (χ1n) is 8.79. The molecule has 1 aromatic rings. The normalized spacial score (nSPS) is 13.5. The number of aliphatic hydroxyl groups is 1. The summed E-state index contributed by atoms with van der Waals surface area (Å²) in [5, 5.41) is 9.98. The largest absolute Gasteiger partial charge is 0.497 e. The second-order valence-corrected chi connectivity index (χ2v) is 7.25. The van der Waals surface area contributed by atoms with Crippen molar-refractivity contribution in [1.29, 1.82) is 0 Å². The average molecular weight is 362 g/mol. The second-order valence-electron chi connectivity index (χ2n) is 7.25. The van der Waals surface area contributed by atoms with Gasteiger partial charge in [-0.2, -0.15) is 0 Å². The van der Waals surface area contributed by atoms with Gasteiger partial charge in [0.1, 0.15) is 5.75 Å². The Morgan fingerprint density at radius 2 is 1.92 bits per heavy atom. The van der Waals surface area contributed by atoms with Gasteiger partial charge in [0.2, 0.25) is 0 Å². The van der Waals surface area contributed by atoms with E-state index in [2.05, 4.69) is 5.92 Å². The van der Waals surface area contributed by atoms with E-state index in [9.17, 15) is 9.90 Å². The molecule has 0 fully saturated rings. The van der Waals surface area contributed by atoms with E-state index in [-0.39, 0.29) is 25.1 Å². The molecule has 0 aliphatic rings. The fourth-order valence-electron chi connectivity index (χ4n) is 2.23. The van der Waals surface area contributed by atoms with E-state index in [0.717, 1.165) is 11.3 Å². The Bertz CT molecular complexity index is 580. The van der Waals surface area contributed by atoms with Crippen molar-refractivity contribution in [1.82, 2.24) is 0 Å². The van der Waals surface area contributed by atoms with E-state index in [4.69, 9.17) is 20.6 Å². The van der Waals surface area contributed by atoms with Crippen LogP contribution in [-0.4, -0.2) is 37.0 Å². The number of benzene rings is 1. The minimum Gasteiger partial charge on any atom is -0.497 e. The Morgan fingerprint density at radius 3 is 2.46 bits per heavy atom. The summed E-state index contributed by atoms with van der Waals surface area (Å²) in [7, 11) is 1.62. The van der Waals surface area contributed by atoms with Gasteiger partial charge >= 0.3 is 5.97 Å². The molecule has 0 aliphatic heterocycles. The SMILES string of the molecule is C#CC[C@H](O)C[C@@H](CCOC(=O)C(C)(C)C)OCc1ccc(OC)cc1. The summed E-state index contributed by atoms with van der Waals surface area (Å²) in [6, 6.07) is 7.58. The quantitative estimate of drug-likeness (QED) is 0.511. The lowest BCUT2D eigenvalue weighted by Gasteiger charge is -2.22. The van der Waals surface area contributed by atoms with E-state index in [1.54, 1.807) is 7.11 Å². The third kappa shape index (κ3) is 8.37. The summed E-state index contributed by atoms with van der Waals surface area (Å²) in [6.45, 7) is 6.06. The zero-order valence-electron chi connectivity index (χ0n) is 16.2. The molecule has 5 nitrogen and oxygen atoms in total. The van der Waals surface area contributed by atoms with Crippen LogP contribution in [0, 0.1) is 17.8 Å². The molecule has 0 aliphatic carbocycles. The highest BCUT2D eigenvalue weighted by molar-refractivity contribution is 5.75. The Hall–Kier alpha value is -2.03. The number of carbonyl (C=O) groups excluding carboxylic acids is 1. The van der Waals surface area contributed by atoms with E-state index in [0.29, 0.717) is 19.4 Å². The highest BCUT2D eigenvalue weighted by Gasteiger charge is 2.23. The van der Waals surface area contributed by atoms with Crippen LogP contribution in [0.25, 0.3) is 0 Å². The van der Waals surface area contributed by atoms with Crippen molar-refractivity contribution in [3.05, 3.63) is 29.8 Å². The number of rotatable bonds is 10. The number of aliphatic hydroxyl groups excluding tert-OH is 1. The number of ether oxygens (including phenoxy) is 3. The minimum absolute atomic E-state index is 0.242. The predicted octanol–water partition coefficient (Wildman–Crippen LogP) is 3.33. The number of hydrogen-bond acceptors (Lipinski definition) is 5. The van der Waals surface area contributed by atoms with Crippen LogP contribution >= 0.6 is 0 Å². The molecular formula is C21H30O5. The van der Waals surface area contributed by atoms with Gasteiger partial charge in [-0.1, -0.05) is 12.1 Å². The van der Waals surface area contributed by atoms with E-state index >= 15 is 0 Å². The molecule has 0 saturated carbocycles. The molecule has 0 bridgehead atoms. The molecule has 1 N–H and O–H groups in total. The second kappa shape index (κ2) is 10.8. The molecule has 0 aromatic heterocycles. The van der Waals surface area contributed by atoms with Crippen LogP contribution in [0.2, 0.25) is 0 Å². The van der Waals surface area contributed by atoms with Crippen molar-refractivity contribution in [2.45, 2.75) is 58.8 Å². The molecule has 26 heavy (non-hydrogen) atoms. The van der Waals surface area contributed by atoms with Crippen molar-refractivity contribution in [3.63, 3.8) is 0 Å². The van der Waals surface area contributed by atoms with Crippen LogP contribution in [0.5, 0.6) is 5.75 Å². The number of methoxy groups -OCH3 is 1. The van der Waals surface area contributed by atoms with Crippen molar-refractivity contribution < 1.29 is 24.1 Å². The van der Waals surface area contributed by atoms with Gasteiger partial charge in [-0.25, -0.2) is 0 Å². The van der Waals surface area contributed by atoms with E-state index < -0.39 is 11.5 Å². The monoisotopic (exact) mass is 362 g/mol. The zero-order valence-corrected chi connectivity index (χ0v) is 16.2. The molecule has 0 unspecified atom stereocenters. The molecular weight excluding hydrogens is 332 g/mol. The Kier molecular flexibility index (Phi) is 9.18. The van der Waals surface area contributed by atoms with Gasteiger partial charge in [0.05, 0.1) is 37.9 Å². The number of carbonyl (C=O) groups is 1. The highest BCUT2D eigenvalue weighted by Crippen LogP contribution is 2.18. The number of terminal acetylenes is 1. The highest BCUT2D eigenvalue weighted by atomic mass is 16.5. The lowest BCUT2D eigenvalue weighted by molar-refractivity contribution is -0.154. The van der Waals surface area contributed by atoms with Gasteiger partial charge in [-0.15, -0.1) is 12.3 Å². The van der Waals surface area contributed by atoms with Crippen LogP contribution in [0.4, 0.5) is 0 Å².